The van der Waals surface area contributed by atoms with E-state index in [1.165, 1.54) is 5.06 Å². The van der Waals surface area contributed by atoms with Crippen molar-refractivity contribution in [1.82, 2.24) is 9.96 Å². The highest BCUT2D eigenvalue weighted by Crippen LogP contribution is 2.13. The molecule has 1 heterocycles. The minimum absolute atomic E-state index is 0.389. The summed E-state index contributed by atoms with van der Waals surface area (Å²) >= 11 is 0. The zero-order valence-corrected chi connectivity index (χ0v) is 6.04. The quantitative estimate of drug-likeness (QED) is 0.570. The summed E-state index contributed by atoms with van der Waals surface area (Å²) in [5.41, 5.74) is 0. The lowest BCUT2D eigenvalue weighted by atomic mass is 10.1. The molecule has 1 rings (SSSR count). The third kappa shape index (κ3) is 1.64. The second-order valence-electron chi connectivity index (χ2n) is 2.87. The van der Waals surface area contributed by atoms with Gasteiger partial charge in [-0.3, -0.25) is 0 Å². The molecule has 0 amide bonds. The van der Waals surface area contributed by atoms with Gasteiger partial charge in [0.15, 0.2) is 0 Å². The van der Waals surface area contributed by atoms with Crippen LogP contribution in [0.2, 0.25) is 0 Å². The second-order valence-corrected chi connectivity index (χ2v) is 2.87. The Morgan fingerprint density at radius 2 is 2.33 bits per heavy atom. The molecule has 0 spiro atoms. The Morgan fingerprint density at radius 3 is 2.44 bits per heavy atom. The van der Waals surface area contributed by atoms with Gasteiger partial charge in [-0.2, -0.15) is 5.06 Å². The van der Waals surface area contributed by atoms with Gasteiger partial charge in [0.1, 0.15) is 0 Å². The summed E-state index contributed by atoms with van der Waals surface area (Å²) in [6.45, 7) is 1.81. The molecule has 1 atom stereocenters. The minimum Gasteiger partial charge on any atom is -0.314 e. The molecule has 1 saturated heterocycles. The lowest BCUT2D eigenvalue weighted by Gasteiger charge is -2.36. The highest BCUT2D eigenvalue weighted by atomic mass is 16.5. The normalized spacial score (nSPS) is 28.7. The maximum absolute atomic E-state index is 8.96. The molecule has 0 aromatic rings. The first-order chi connectivity index (χ1) is 4.20. The Hall–Kier alpha value is -0.120. The summed E-state index contributed by atoms with van der Waals surface area (Å²) in [6.07, 6.45) is 1.13. The fourth-order valence-corrected chi connectivity index (χ4v) is 1.03. The van der Waals surface area contributed by atoms with Gasteiger partial charge >= 0.3 is 0 Å². The predicted molar refractivity (Wildman–Crippen MR) is 35.5 cm³/mol. The van der Waals surface area contributed by atoms with Crippen LogP contribution in [-0.2, 0) is 0 Å². The summed E-state index contributed by atoms with van der Waals surface area (Å²) in [7, 11) is 4.04. The van der Waals surface area contributed by atoms with Crippen molar-refractivity contribution in [3.05, 3.63) is 0 Å². The first kappa shape index (κ1) is 6.99. The highest BCUT2D eigenvalue weighted by molar-refractivity contribution is 4.77. The molecule has 0 saturated carbocycles. The SMILES string of the molecule is CN(C)CC1CCN1O. The zero-order chi connectivity index (χ0) is 6.85. The van der Waals surface area contributed by atoms with Gasteiger partial charge in [-0.15, -0.1) is 0 Å². The second kappa shape index (κ2) is 2.64. The molecule has 1 aliphatic heterocycles. The van der Waals surface area contributed by atoms with Crippen LogP contribution >= 0.6 is 0 Å². The van der Waals surface area contributed by atoms with Gasteiger partial charge in [0.25, 0.3) is 0 Å². The average molecular weight is 130 g/mol. The van der Waals surface area contributed by atoms with Gasteiger partial charge in [0.2, 0.25) is 0 Å². The van der Waals surface area contributed by atoms with Gasteiger partial charge < -0.3 is 10.1 Å². The monoisotopic (exact) mass is 130 g/mol. The van der Waals surface area contributed by atoms with Gasteiger partial charge in [0.05, 0.1) is 0 Å². The van der Waals surface area contributed by atoms with Crippen molar-refractivity contribution in [3.63, 3.8) is 0 Å². The van der Waals surface area contributed by atoms with Crippen LogP contribution in [0, 0.1) is 0 Å². The zero-order valence-electron chi connectivity index (χ0n) is 6.04. The van der Waals surface area contributed by atoms with Crippen LogP contribution in [-0.4, -0.2) is 48.4 Å². The summed E-state index contributed by atoms with van der Waals surface area (Å²) in [5, 5.41) is 10.4. The summed E-state index contributed by atoms with van der Waals surface area (Å²) in [4.78, 5) is 2.09. The Kier molecular flexibility index (Phi) is 2.05. The first-order valence-corrected chi connectivity index (χ1v) is 3.30. The molecule has 0 aromatic heterocycles. The standard InChI is InChI=1S/C6H14N2O/c1-7(2)5-6-3-4-8(6)9/h6,9H,3-5H2,1-2H3. The molecule has 1 N–H and O–H groups in total. The van der Waals surface area contributed by atoms with E-state index in [0.29, 0.717) is 6.04 Å². The van der Waals surface area contributed by atoms with Crippen molar-refractivity contribution in [2.45, 2.75) is 12.5 Å². The lowest BCUT2D eigenvalue weighted by Crippen LogP contribution is -2.50. The number of hydroxylamine groups is 2. The molecule has 0 aliphatic carbocycles. The van der Waals surface area contributed by atoms with E-state index in [4.69, 9.17) is 5.21 Å². The van der Waals surface area contributed by atoms with Crippen molar-refractivity contribution < 1.29 is 5.21 Å². The van der Waals surface area contributed by atoms with Crippen LogP contribution in [0.25, 0.3) is 0 Å². The van der Waals surface area contributed by atoms with Crippen LogP contribution in [0.15, 0.2) is 0 Å². The van der Waals surface area contributed by atoms with Crippen LogP contribution in [0.4, 0.5) is 0 Å². The van der Waals surface area contributed by atoms with Crippen molar-refractivity contribution in [2.24, 2.45) is 0 Å². The molecule has 0 radical (unpaired) electrons. The molecule has 3 heteroatoms. The number of likely N-dealkylation sites (N-methyl/N-ethyl adjacent to an activating group) is 1. The summed E-state index contributed by atoms with van der Waals surface area (Å²) in [6, 6.07) is 0.389. The Bertz CT molecular complexity index is 95.1. The van der Waals surface area contributed by atoms with Crippen molar-refractivity contribution in [1.29, 1.82) is 0 Å². The van der Waals surface area contributed by atoms with E-state index in [0.717, 1.165) is 19.5 Å². The third-order valence-corrected chi connectivity index (χ3v) is 1.69. The molecule has 54 valence electrons. The van der Waals surface area contributed by atoms with Crippen LogP contribution in [0.1, 0.15) is 6.42 Å². The molecular weight excluding hydrogens is 116 g/mol. The van der Waals surface area contributed by atoms with Crippen LogP contribution in [0.5, 0.6) is 0 Å². The molecule has 0 aromatic carbocycles. The van der Waals surface area contributed by atoms with E-state index in [-0.39, 0.29) is 0 Å². The molecule has 0 bridgehead atoms. The number of hydrogen-bond donors (Lipinski definition) is 1. The molecule has 1 fully saturated rings. The van der Waals surface area contributed by atoms with E-state index in [9.17, 15) is 0 Å². The predicted octanol–water partition coefficient (Wildman–Crippen LogP) is 0.0115. The Morgan fingerprint density at radius 1 is 1.67 bits per heavy atom. The topological polar surface area (TPSA) is 26.7 Å². The van der Waals surface area contributed by atoms with Crippen LogP contribution in [0.3, 0.4) is 0 Å². The minimum atomic E-state index is 0.389. The largest absolute Gasteiger partial charge is 0.314 e. The smallest absolute Gasteiger partial charge is 0.0490 e. The van der Waals surface area contributed by atoms with E-state index in [1.807, 2.05) is 14.1 Å². The lowest BCUT2D eigenvalue weighted by molar-refractivity contribution is -0.185. The van der Waals surface area contributed by atoms with Gasteiger partial charge in [-0.05, 0) is 20.5 Å². The summed E-state index contributed by atoms with van der Waals surface area (Å²) in [5.74, 6) is 0. The maximum Gasteiger partial charge on any atom is 0.0490 e. The van der Waals surface area contributed by atoms with E-state index in [2.05, 4.69) is 4.90 Å². The average Bonchev–Trinajstić information content (AvgIpc) is 1.79. The fourth-order valence-electron chi connectivity index (χ4n) is 1.03. The van der Waals surface area contributed by atoms with Gasteiger partial charge in [0, 0.05) is 19.1 Å². The van der Waals surface area contributed by atoms with Gasteiger partial charge in [-0.25, -0.2) is 0 Å². The number of rotatable bonds is 2. The van der Waals surface area contributed by atoms with E-state index >= 15 is 0 Å². The first-order valence-electron chi connectivity index (χ1n) is 3.30. The maximum atomic E-state index is 8.96. The highest BCUT2D eigenvalue weighted by Gasteiger charge is 2.26. The molecule has 9 heavy (non-hydrogen) atoms. The Balaban J connectivity index is 2.13. The molecule has 3 nitrogen and oxygen atoms in total. The fraction of sp³-hybridized carbons (Fsp3) is 1.00. The van der Waals surface area contributed by atoms with Crippen molar-refractivity contribution in [3.8, 4) is 0 Å². The van der Waals surface area contributed by atoms with E-state index in [1.54, 1.807) is 0 Å². The third-order valence-electron chi connectivity index (χ3n) is 1.69. The van der Waals surface area contributed by atoms with Crippen molar-refractivity contribution in [2.75, 3.05) is 27.2 Å². The van der Waals surface area contributed by atoms with Gasteiger partial charge in [-0.1, -0.05) is 0 Å². The van der Waals surface area contributed by atoms with Crippen molar-refractivity contribution >= 4 is 0 Å². The van der Waals surface area contributed by atoms with Crippen LogP contribution < -0.4 is 0 Å². The molecule has 1 unspecified atom stereocenters. The Labute approximate surface area is 55.8 Å². The number of hydrogen-bond acceptors (Lipinski definition) is 3. The van der Waals surface area contributed by atoms with E-state index < -0.39 is 0 Å². The molecular formula is C6H14N2O. The molecule has 1 aliphatic rings. The summed E-state index contributed by atoms with van der Waals surface area (Å²) < 4.78 is 0. The number of nitrogens with zero attached hydrogens (tertiary/aromatic N) is 2.